The number of hydrogen-bond acceptors (Lipinski definition) is 5. The lowest BCUT2D eigenvalue weighted by atomic mass is 9.80. The summed E-state index contributed by atoms with van der Waals surface area (Å²) in [7, 11) is 0. The van der Waals surface area contributed by atoms with E-state index in [9.17, 15) is 15.2 Å². The number of pyridine rings is 1. The summed E-state index contributed by atoms with van der Waals surface area (Å²) in [4.78, 5) is 19.7. The van der Waals surface area contributed by atoms with Gasteiger partial charge < -0.3 is 14.7 Å². The van der Waals surface area contributed by atoms with Crippen molar-refractivity contribution in [3.63, 3.8) is 0 Å². The maximum atomic E-state index is 13.3. The number of carbonyl (C=O) groups excluding carboxylic acids is 1. The first-order chi connectivity index (χ1) is 17.6. The van der Waals surface area contributed by atoms with E-state index in [-0.39, 0.29) is 17.6 Å². The van der Waals surface area contributed by atoms with Crippen LogP contribution in [0.1, 0.15) is 69.2 Å². The quantitative estimate of drug-likeness (QED) is 0.418. The fourth-order valence-electron chi connectivity index (χ4n) is 5.44. The van der Waals surface area contributed by atoms with E-state index in [0.29, 0.717) is 19.4 Å². The minimum Gasteiger partial charge on any atom is -0.438 e. The Kier molecular flexibility index (Phi) is 6.29. The highest BCUT2D eigenvalue weighted by molar-refractivity contribution is 5.70. The van der Waals surface area contributed by atoms with Gasteiger partial charge in [0.05, 0.1) is 28.8 Å². The van der Waals surface area contributed by atoms with E-state index in [2.05, 4.69) is 11.1 Å². The van der Waals surface area contributed by atoms with E-state index in [0.717, 1.165) is 40.8 Å². The molecule has 0 bridgehead atoms. The van der Waals surface area contributed by atoms with Crippen molar-refractivity contribution in [3.05, 3.63) is 89.6 Å². The van der Waals surface area contributed by atoms with E-state index in [1.807, 2.05) is 79.9 Å². The molecule has 2 heterocycles. The molecule has 3 aromatic rings. The number of cyclic esters (lactones) is 1. The summed E-state index contributed by atoms with van der Waals surface area (Å²) in [5.41, 5.74) is 2.56. The Morgan fingerprint density at radius 3 is 2.30 bits per heavy atom. The van der Waals surface area contributed by atoms with Crippen molar-refractivity contribution < 1.29 is 14.6 Å². The molecule has 2 aliphatic rings. The standard InChI is InChI=1S/C31H33N3O3/c1-22(23-9-11-24(12-10-23)27-14-13-26(19-33-27)30(21-32)15-16-30)34-18-17-31(37-28(34)35,20-29(2,3)36)25-7-5-4-6-8-25/h4-14,19,22,36H,15-18,20H2,1-3H3/t22-,31-/m0/s1. The lowest BCUT2D eigenvalue weighted by molar-refractivity contribution is -0.101. The first kappa shape index (κ1) is 25.0. The number of rotatable bonds is 7. The second-order valence-electron chi connectivity index (χ2n) is 11.1. The predicted molar refractivity (Wildman–Crippen MR) is 141 cm³/mol. The van der Waals surface area contributed by atoms with Crippen LogP contribution in [0.5, 0.6) is 0 Å². The van der Waals surface area contributed by atoms with Crippen LogP contribution in [0.2, 0.25) is 0 Å². The van der Waals surface area contributed by atoms with Crippen LogP contribution in [0.25, 0.3) is 11.3 Å². The number of amides is 1. The van der Waals surface area contributed by atoms with Crippen molar-refractivity contribution in [3.8, 4) is 17.3 Å². The minimum absolute atomic E-state index is 0.168. The molecule has 6 heteroatoms. The summed E-state index contributed by atoms with van der Waals surface area (Å²) >= 11 is 0. The summed E-state index contributed by atoms with van der Waals surface area (Å²) in [5, 5.41) is 20.0. The zero-order chi connectivity index (χ0) is 26.3. The highest BCUT2D eigenvalue weighted by Gasteiger charge is 2.46. The Morgan fingerprint density at radius 1 is 1.05 bits per heavy atom. The topological polar surface area (TPSA) is 86.5 Å². The Bertz CT molecular complexity index is 1300. The van der Waals surface area contributed by atoms with Gasteiger partial charge in [0.1, 0.15) is 5.60 Å². The number of carbonyl (C=O) groups is 1. The molecule has 1 N–H and O–H groups in total. The molecule has 0 spiro atoms. The van der Waals surface area contributed by atoms with Gasteiger partial charge in [0.15, 0.2) is 0 Å². The first-order valence-electron chi connectivity index (χ1n) is 12.9. The largest absolute Gasteiger partial charge is 0.438 e. The van der Waals surface area contributed by atoms with Crippen molar-refractivity contribution in [1.82, 2.24) is 9.88 Å². The predicted octanol–water partition coefficient (Wildman–Crippen LogP) is 6.26. The van der Waals surface area contributed by atoms with Crippen molar-refractivity contribution in [2.24, 2.45) is 0 Å². The van der Waals surface area contributed by atoms with Crippen molar-refractivity contribution in [2.75, 3.05) is 6.54 Å². The maximum Gasteiger partial charge on any atom is 0.411 e. The molecule has 1 amide bonds. The molecule has 1 saturated heterocycles. The molecular formula is C31H33N3O3. The lowest BCUT2D eigenvalue weighted by Gasteiger charge is -2.45. The third kappa shape index (κ3) is 4.97. The van der Waals surface area contributed by atoms with Gasteiger partial charge in [-0.3, -0.25) is 4.98 Å². The van der Waals surface area contributed by atoms with Gasteiger partial charge in [0.25, 0.3) is 0 Å². The Balaban J connectivity index is 1.31. The number of aromatic nitrogens is 1. The van der Waals surface area contributed by atoms with Gasteiger partial charge in [-0.1, -0.05) is 60.7 Å². The van der Waals surface area contributed by atoms with Gasteiger partial charge in [-0.25, -0.2) is 4.79 Å². The molecule has 6 nitrogen and oxygen atoms in total. The van der Waals surface area contributed by atoms with E-state index in [1.54, 1.807) is 18.7 Å². The van der Waals surface area contributed by atoms with E-state index < -0.39 is 11.2 Å². The molecule has 2 aromatic carbocycles. The molecule has 0 unspecified atom stereocenters. The molecule has 190 valence electrons. The molecule has 5 rings (SSSR count). The summed E-state index contributed by atoms with van der Waals surface area (Å²) in [6, 6.07) is 24.0. The molecular weight excluding hydrogens is 462 g/mol. The third-order valence-corrected chi connectivity index (χ3v) is 7.73. The molecule has 2 fully saturated rings. The Labute approximate surface area is 218 Å². The summed E-state index contributed by atoms with van der Waals surface area (Å²) in [5.74, 6) is 0. The highest BCUT2D eigenvalue weighted by atomic mass is 16.6. The van der Waals surface area contributed by atoms with Crippen LogP contribution in [0.3, 0.4) is 0 Å². The van der Waals surface area contributed by atoms with Crippen LogP contribution in [0, 0.1) is 11.3 Å². The monoisotopic (exact) mass is 495 g/mol. The van der Waals surface area contributed by atoms with Crippen LogP contribution in [0.15, 0.2) is 72.9 Å². The number of benzene rings is 2. The fraction of sp³-hybridized carbons (Fsp3) is 0.387. The number of ether oxygens (including phenoxy) is 1. The second-order valence-corrected chi connectivity index (χ2v) is 11.1. The average Bonchev–Trinajstić information content (AvgIpc) is 3.70. The molecule has 1 aliphatic heterocycles. The van der Waals surface area contributed by atoms with E-state index >= 15 is 0 Å². The summed E-state index contributed by atoms with van der Waals surface area (Å²) in [6.07, 6.45) is 4.17. The van der Waals surface area contributed by atoms with Crippen LogP contribution < -0.4 is 0 Å². The normalized spacial score (nSPS) is 21.6. The van der Waals surface area contributed by atoms with Crippen molar-refractivity contribution in [2.45, 2.75) is 69.1 Å². The van der Waals surface area contributed by atoms with Gasteiger partial charge >= 0.3 is 6.09 Å². The van der Waals surface area contributed by atoms with Crippen molar-refractivity contribution in [1.29, 1.82) is 5.26 Å². The fourth-order valence-corrected chi connectivity index (χ4v) is 5.44. The van der Waals surface area contributed by atoms with Crippen LogP contribution in [0.4, 0.5) is 4.79 Å². The second kappa shape index (κ2) is 9.32. The average molecular weight is 496 g/mol. The molecule has 2 atom stereocenters. The summed E-state index contributed by atoms with van der Waals surface area (Å²) in [6.45, 7) is 6.03. The SMILES string of the molecule is C[C@@H](c1ccc(-c2ccc(C3(C#N)CC3)cn2)cc1)N1CC[C@](CC(C)(C)O)(c2ccccc2)OC1=O. The zero-order valence-electron chi connectivity index (χ0n) is 21.6. The Hall–Kier alpha value is -3.69. The summed E-state index contributed by atoms with van der Waals surface area (Å²) < 4.78 is 6.13. The van der Waals surface area contributed by atoms with Crippen LogP contribution >= 0.6 is 0 Å². The first-order valence-corrected chi connectivity index (χ1v) is 12.9. The molecule has 1 aromatic heterocycles. The lowest BCUT2D eigenvalue weighted by Crippen LogP contribution is -2.51. The molecule has 1 aliphatic carbocycles. The molecule has 1 saturated carbocycles. The van der Waals surface area contributed by atoms with Crippen LogP contribution in [-0.4, -0.2) is 33.2 Å². The highest BCUT2D eigenvalue weighted by Crippen LogP contribution is 2.47. The Morgan fingerprint density at radius 2 is 1.76 bits per heavy atom. The number of nitriles is 1. The number of aliphatic hydroxyl groups is 1. The van der Waals surface area contributed by atoms with Crippen LogP contribution in [-0.2, 0) is 15.8 Å². The number of nitrogens with zero attached hydrogens (tertiary/aromatic N) is 3. The van der Waals surface area contributed by atoms with Gasteiger partial charge in [-0.05, 0) is 56.4 Å². The van der Waals surface area contributed by atoms with Crippen molar-refractivity contribution >= 4 is 6.09 Å². The minimum atomic E-state index is -0.986. The van der Waals surface area contributed by atoms with E-state index in [1.165, 1.54) is 0 Å². The maximum absolute atomic E-state index is 13.3. The van der Waals surface area contributed by atoms with Gasteiger partial charge in [0, 0.05) is 31.1 Å². The molecule has 37 heavy (non-hydrogen) atoms. The smallest absolute Gasteiger partial charge is 0.411 e. The van der Waals surface area contributed by atoms with Gasteiger partial charge in [-0.15, -0.1) is 0 Å². The van der Waals surface area contributed by atoms with Gasteiger partial charge in [-0.2, -0.15) is 5.26 Å². The van der Waals surface area contributed by atoms with Gasteiger partial charge in [0.2, 0.25) is 0 Å². The molecule has 0 radical (unpaired) electrons. The third-order valence-electron chi connectivity index (χ3n) is 7.73. The zero-order valence-corrected chi connectivity index (χ0v) is 21.6. The van der Waals surface area contributed by atoms with E-state index in [4.69, 9.17) is 4.74 Å². The number of hydrogen-bond donors (Lipinski definition) is 1.